The maximum Gasteiger partial charge on any atom is 0.224 e. The molecule has 88 valence electrons. The van der Waals surface area contributed by atoms with Crippen LogP contribution in [-0.2, 0) is 6.54 Å². The van der Waals surface area contributed by atoms with Gasteiger partial charge in [-0.05, 0) is 22.0 Å². The molecule has 0 amide bonds. The molecular formula is C11H11BrN4O. The quantitative estimate of drug-likeness (QED) is 0.842. The number of fused-ring (bicyclic) bond motifs is 3. The molecule has 5 nitrogen and oxygen atoms in total. The van der Waals surface area contributed by atoms with Crippen molar-refractivity contribution in [2.45, 2.75) is 6.54 Å². The summed E-state index contributed by atoms with van der Waals surface area (Å²) in [6.45, 7) is 1.64. The van der Waals surface area contributed by atoms with Crippen molar-refractivity contribution >= 4 is 32.7 Å². The van der Waals surface area contributed by atoms with Crippen molar-refractivity contribution in [2.75, 3.05) is 19.0 Å². The molecule has 0 atom stereocenters. The highest BCUT2D eigenvalue weighted by Crippen LogP contribution is 2.32. The van der Waals surface area contributed by atoms with E-state index in [0.717, 1.165) is 40.0 Å². The van der Waals surface area contributed by atoms with Gasteiger partial charge in [-0.15, -0.1) is 0 Å². The van der Waals surface area contributed by atoms with Gasteiger partial charge in [-0.25, -0.2) is 4.98 Å². The van der Waals surface area contributed by atoms with Crippen LogP contribution in [0.1, 0.15) is 0 Å². The van der Waals surface area contributed by atoms with Gasteiger partial charge in [-0.1, -0.05) is 0 Å². The molecule has 1 aliphatic heterocycles. The fourth-order valence-electron chi connectivity index (χ4n) is 2.10. The number of anilines is 1. The number of methoxy groups -OCH3 is 1. The highest BCUT2D eigenvalue weighted by molar-refractivity contribution is 9.10. The zero-order valence-electron chi connectivity index (χ0n) is 9.25. The Labute approximate surface area is 106 Å². The Morgan fingerprint density at radius 3 is 3.12 bits per heavy atom. The van der Waals surface area contributed by atoms with Gasteiger partial charge in [0.2, 0.25) is 5.62 Å². The second kappa shape index (κ2) is 3.73. The first-order valence-corrected chi connectivity index (χ1v) is 6.06. The summed E-state index contributed by atoms with van der Waals surface area (Å²) in [5.41, 5.74) is 1.05. The Morgan fingerprint density at radius 1 is 1.53 bits per heavy atom. The summed E-state index contributed by atoms with van der Waals surface area (Å²) >= 11 is 3.47. The van der Waals surface area contributed by atoms with Gasteiger partial charge in [-0.3, -0.25) is 9.98 Å². The Bertz CT molecular complexity index is 665. The lowest BCUT2D eigenvalue weighted by atomic mass is 10.2. The number of ether oxygens (including phenoxy) is 1. The average Bonchev–Trinajstić information content (AvgIpc) is 2.79. The van der Waals surface area contributed by atoms with Gasteiger partial charge in [0.25, 0.3) is 0 Å². The van der Waals surface area contributed by atoms with Gasteiger partial charge >= 0.3 is 0 Å². The summed E-state index contributed by atoms with van der Waals surface area (Å²) in [5.74, 6) is 1.69. The first-order valence-electron chi connectivity index (χ1n) is 5.27. The van der Waals surface area contributed by atoms with E-state index in [0.29, 0.717) is 0 Å². The van der Waals surface area contributed by atoms with Crippen LogP contribution in [0, 0.1) is 5.41 Å². The van der Waals surface area contributed by atoms with Crippen LogP contribution in [0.15, 0.2) is 16.6 Å². The van der Waals surface area contributed by atoms with E-state index in [9.17, 15) is 0 Å². The largest absolute Gasteiger partial charge is 0.495 e. The first-order chi connectivity index (χ1) is 8.20. The van der Waals surface area contributed by atoms with Crippen LogP contribution < -0.4 is 15.7 Å². The molecule has 0 unspecified atom stereocenters. The molecular weight excluding hydrogens is 284 g/mol. The zero-order valence-corrected chi connectivity index (χ0v) is 10.8. The number of nitrogens with one attached hydrogen (secondary N) is 2. The molecule has 0 saturated heterocycles. The zero-order chi connectivity index (χ0) is 12.0. The second-order valence-electron chi connectivity index (χ2n) is 3.87. The number of aromatic nitrogens is 2. The number of rotatable bonds is 1. The van der Waals surface area contributed by atoms with Gasteiger partial charge in [0.1, 0.15) is 11.6 Å². The van der Waals surface area contributed by atoms with Crippen LogP contribution in [0.25, 0.3) is 10.9 Å². The average molecular weight is 295 g/mol. The predicted molar refractivity (Wildman–Crippen MR) is 68.3 cm³/mol. The minimum atomic E-state index is 0.280. The van der Waals surface area contributed by atoms with E-state index in [1.165, 1.54) is 0 Å². The van der Waals surface area contributed by atoms with E-state index >= 15 is 0 Å². The monoisotopic (exact) mass is 294 g/mol. The van der Waals surface area contributed by atoms with Crippen LogP contribution in [-0.4, -0.2) is 23.2 Å². The number of hydrogen-bond acceptors (Lipinski definition) is 4. The van der Waals surface area contributed by atoms with Gasteiger partial charge in [0, 0.05) is 24.5 Å². The molecule has 0 fully saturated rings. The topological polar surface area (TPSA) is 62.9 Å². The fourth-order valence-corrected chi connectivity index (χ4v) is 2.61. The molecule has 17 heavy (non-hydrogen) atoms. The normalized spacial score (nSPS) is 13.5. The van der Waals surface area contributed by atoms with Crippen molar-refractivity contribution in [2.24, 2.45) is 0 Å². The molecule has 0 bridgehead atoms. The highest BCUT2D eigenvalue weighted by atomic mass is 79.9. The Morgan fingerprint density at radius 2 is 2.35 bits per heavy atom. The third-order valence-corrected chi connectivity index (χ3v) is 3.52. The van der Waals surface area contributed by atoms with Crippen LogP contribution in [0.3, 0.4) is 0 Å². The molecule has 0 saturated carbocycles. The molecule has 6 heteroatoms. The van der Waals surface area contributed by atoms with E-state index < -0.39 is 0 Å². The van der Waals surface area contributed by atoms with E-state index in [1.807, 2.05) is 16.7 Å². The Balaban J connectivity index is 2.41. The molecule has 0 aliphatic carbocycles. The maximum absolute atomic E-state index is 7.87. The number of hydrogen-bond donors (Lipinski definition) is 2. The molecule has 1 aromatic heterocycles. The van der Waals surface area contributed by atoms with Crippen molar-refractivity contribution in [1.29, 1.82) is 5.41 Å². The highest BCUT2D eigenvalue weighted by Gasteiger charge is 2.16. The van der Waals surface area contributed by atoms with Crippen LogP contribution in [0.5, 0.6) is 5.75 Å². The van der Waals surface area contributed by atoms with E-state index in [2.05, 4.69) is 26.2 Å². The molecule has 3 rings (SSSR count). The van der Waals surface area contributed by atoms with Crippen LogP contribution >= 0.6 is 15.9 Å². The minimum Gasteiger partial charge on any atom is -0.495 e. The third-order valence-electron chi connectivity index (χ3n) is 2.91. The van der Waals surface area contributed by atoms with Gasteiger partial charge < -0.3 is 10.1 Å². The van der Waals surface area contributed by atoms with Gasteiger partial charge in [-0.2, -0.15) is 0 Å². The molecule has 1 aliphatic rings. The lowest BCUT2D eigenvalue weighted by Gasteiger charge is -2.10. The lowest BCUT2D eigenvalue weighted by Crippen LogP contribution is -2.21. The third kappa shape index (κ3) is 1.51. The lowest BCUT2D eigenvalue weighted by molar-refractivity contribution is 0.412. The van der Waals surface area contributed by atoms with E-state index in [4.69, 9.17) is 10.1 Å². The van der Waals surface area contributed by atoms with Crippen molar-refractivity contribution in [3.05, 3.63) is 22.2 Å². The summed E-state index contributed by atoms with van der Waals surface area (Å²) in [6, 6.07) is 3.82. The molecule has 0 spiro atoms. The Kier molecular flexibility index (Phi) is 2.32. The standard InChI is InChI=1S/C11H11BrN4O/c1-17-9-5-8-6(4-7(9)12)10-14-2-3-16(10)11(13)15-8/h4-5,13-14H,2-3H2,1H3. The van der Waals surface area contributed by atoms with E-state index in [-0.39, 0.29) is 5.62 Å². The SMILES string of the molecule is COc1cc2nc(=N)n3c(c2cc1Br)NCC3. The van der Waals surface area contributed by atoms with Gasteiger partial charge in [0.15, 0.2) is 0 Å². The van der Waals surface area contributed by atoms with Crippen molar-refractivity contribution in [3.63, 3.8) is 0 Å². The number of nitrogens with zero attached hydrogens (tertiary/aromatic N) is 2. The summed E-state index contributed by atoms with van der Waals surface area (Å²) < 4.78 is 8.01. The minimum absolute atomic E-state index is 0.280. The Hall–Kier alpha value is -1.56. The number of benzene rings is 1. The maximum atomic E-state index is 7.87. The summed E-state index contributed by atoms with van der Waals surface area (Å²) in [4.78, 5) is 4.29. The first kappa shape index (κ1) is 10.6. The van der Waals surface area contributed by atoms with Crippen molar-refractivity contribution < 1.29 is 4.74 Å². The predicted octanol–water partition coefficient (Wildman–Crippen LogP) is 1.71. The molecule has 0 radical (unpaired) electrons. The number of halogens is 1. The second-order valence-corrected chi connectivity index (χ2v) is 4.72. The van der Waals surface area contributed by atoms with Gasteiger partial charge in [0.05, 0.1) is 17.1 Å². The fraction of sp³-hybridized carbons (Fsp3) is 0.273. The smallest absolute Gasteiger partial charge is 0.224 e. The molecule has 1 aromatic carbocycles. The molecule has 2 heterocycles. The molecule has 2 N–H and O–H groups in total. The van der Waals surface area contributed by atoms with Crippen LogP contribution in [0.2, 0.25) is 0 Å². The van der Waals surface area contributed by atoms with E-state index in [1.54, 1.807) is 7.11 Å². The summed E-state index contributed by atoms with van der Waals surface area (Å²) in [5, 5.41) is 12.2. The van der Waals surface area contributed by atoms with Crippen molar-refractivity contribution in [3.8, 4) is 5.75 Å². The van der Waals surface area contributed by atoms with Crippen molar-refractivity contribution in [1.82, 2.24) is 9.55 Å². The molecule has 2 aromatic rings. The van der Waals surface area contributed by atoms with Crippen LogP contribution in [0.4, 0.5) is 5.82 Å². The summed E-state index contributed by atoms with van der Waals surface area (Å²) in [6.07, 6.45) is 0. The summed E-state index contributed by atoms with van der Waals surface area (Å²) in [7, 11) is 1.62.